The zero-order valence-corrected chi connectivity index (χ0v) is 15.8. The maximum Gasteiger partial charge on any atom is 0.232 e. The van der Waals surface area contributed by atoms with E-state index in [1.165, 1.54) is 16.9 Å². The van der Waals surface area contributed by atoms with Crippen molar-refractivity contribution in [2.45, 2.75) is 12.8 Å². The lowest BCUT2D eigenvalue weighted by Crippen LogP contribution is -2.14. The Morgan fingerprint density at radius 1 is 1.04 bits per heavy atom. The Labute approximate surface area is 164 Å². The molecule has 27 heavy (non-hydrogen) atoms. The normalized spacial score (nSPS) is 10.7. The minimum absolute atomic E-state index is 0.157. The predicted molar refractivity (Wildman–Crippen MR) is 107 cm³/mol. The highest BCUT2D eigenvalue weighted by Gasteiger charge is 2.12. The third kappa shape index (κ3) is 4.60. The Kier molecular flexibility index (Phi) is 5.27. The van der Waals surface area contributed by atoms with Gasteiger partial charge in [-0.3, -0.25) is 9.78 Å². The molecule has 0 saturated carbocycles. The quantitative estimate of drug-likeness (QED) is 0.538. The van der Waals surface area contributed by atoms with Gasteiger partial charge >= 0.3 is 0 Å². The third-order valence-electron chi connectivity index (χ3n) is 3.69. The Hall–Kier alpha value is -2.97. The molecule has 0 fully saturated rings. The molecule has 3 heterocycles. The number of carbonyl (C=O) groups excluding carboxylic acids is 1. The standard InChI is InChI=1S/C19H15N5OS2/c25-16(22-19-24-23-18(27-19)15-8-4-5-9-20-15)11-14-12-26-17(21-14)10-13-6-2-1-3-7-13/h1-9,12H,10-11H2,(H,22,24,25). The van der Waals surface area contributed by atoms with Crippen molar-refractivity contribution in [1.29, 1.82) is 0 Å². The average Bonchev–Trinajstić information content (AvgIpc) is 3.33. The van der Waals surface area contributed by atoms with Crippen LogP contribution in [0, 0.1) is 0 Å². The van der Waals surface area contributed by atoms with Gasteiger partial charge in [-0.2, -0.15) is 0 Å². The number of amides is 1. The van der Waals surface area contributed by atoms with Gasteiger partial charge in [0, 0.05) is 18.0 Å². The molecule has 1 aromatic carbocycles. The van der Waals surface area contributed by atoms with Crippen molar-refractivity contribution in [3.8, 4) is 10.7 Å². The summed E-state index contributed by atoms with van der Waals surface area (Å²) in [4.78, 5) is 21.1. The van der Waals surface area contributed by atoms with E-state index in [4.69, 9.17) is 0 Å². The van der Waals surface area contributed by atoms with Crippen molar-refractivity contribution in [2.75, 3.05) is 5.32 Å². The Bertz CT molecular complexity index is 1030. The van der Waals surface area contributed by atoms with Crippen molar-refractivity contribution < 1.29 is 4.79 Å². The van der Waals surface area contributed by atoms with Gasteiger partial charge in [-0.1, -0.05) is 47.7 Å². The van der Waals surface area contributed by atoms with E-state index in [1.54, 1.807) is 17.5 Å². The first-order valence-corrected chi connectivity index (χ1v) is 9.98. The molecule has 0 saturated heterocycles. The molecule has 0 aliphatic rings. The van der Waals surface area contributed by atoms with Crippen LogP contribution in [0.2, 0.25) is 0 Å². The van der Waals surface area contributed by atoms with Crippen molar-refractivity contribution in [2.24, 2.45) is 0 Å². The van der Waals surface area contributed by atoms with E-state index < -0.39 is 0 Å². The summed E-state index contributed by atoms with van der Waals surface area (Å²) in [7, 11) is 0. The van der Waals surface area contributed by atoms with Gasteiger partial charge in [0.1, 0.15) is 5.69 Å². The molecule has 0 radical (unpaired) electrons. The lowest BCUT2D eigenvalue weighted by Gasteiger charge is -1.99. The van der Waals surface area contributed by atoms with E-state index in [2.05, 4.69) is 37.6 Å². The minimum Gasteiger partial charge on any atom is -0.300 e. The summed E-state index contributed by atoms with van der Waals surface area (Å²) in [5.41, 5.74) is 2.71. The summed E-state index contributed by atoms with van der Waals surface area (Å²) >= 11 is 2.87. The second-order valence-electron chi connectivity index (χ2n) is 5.75. The number of hydrogen-bond donors (Lipinski definition) is 1. The second-order valence-corrected chi connectivity index (χ2v) is 7.67. The first-order valence-electron chi connectivity index (χ1n) is 8.28. The molecule has 1 N–H and O–H groups in total. The fourth-order valence-electron chi connectivity index (χ4n) is 2.48. The van der Waals surface area contributed by atoms with E-state index in [9.17, 15) is 4.79 Å². The summed E-state index contributed by atoms with van der Waals surface area (Å²) in [5, 5.41) is 14.9. The van der Waals surface area contributed by atoms with Gasteiger partial charge in [-0.15, -0.1) is 21.5 Å². The van der Waals surface area contributed by atoms with Crippen LogP contribution >= 0.6 is 22.7 Å². The van der Waals surface area contributed by atoms with Gasteiger partial charge in [0.05, 0.1) is 17.1 Å². The lowest BCUT2D eigenvalue weighted by atomic mass is 10.2. The Morgan fingerprint density at radius 2 is 1.89 bits per heavy atom. The zero-order valence-electron chi connectivity index (χ0n) is 14.2. The summed E-state index contributed by atoms with van der Waals surface area (Å²) in [6.07, 6.45) is 2.69. The summed E-state index contributed by atoms with van der Waals surface area (Å²) in [5.74, 6) is -0.157. The fourth-order valence-corrected chi connectivity index (χ4v) is 4.04. The number of aromatic nitrogens is 4. The van der Waals surface area contributed by atoms with E-state index >= 15 is 0 Å². The molecule has 1 amide bonds. The molecular weight excluding hydrogens is 378 g/mol. The highest BCUT2D eigenvalue weighted by atomic mass is 32.1. The molecule has 0 atom stereocenters. The van der Waals surface area contributed by atoms with Gasteiger partial charge < -0.3 is 5.32 Å². The molecule has 0 unspecified atom stereocenters. The molecular formula is C19H15N5OS2. The molecule has 4 rings (SSSR count). The Morgan fingerprint density at radius 3 is 2.70 bits per heavy atom. The molecule has 0 bridgehead atoms. The van der Waals surface area contributed by atoms with Crippen LogP contribution in [0.15, 0.2) is 60.1 Å². The predicted octanol–water partition coefficient (Wildman–Crippen LogP) is 3.83. The summed E-state index contributed by atoms with van der Waals surface area (Å²) in [6, 6.07) is 15.7. The lowest BCUT2D eigenvalue weighted by molar-refractivity contribution is -0.115. The topological polar surface area (TPSA) is 80.7 Å². The minimum atomic E-state index is -0.157. The highest BCUT2D eigenvalue weighted by Crippen LogP contribution is 2.24. The number of thiazole rings is 1. The molecule has 6 nitrogen and oxygen atoms in total. The van der Waals surface area contributed by atoms with E-state index in [0.717, 1.165) is 22.8 Å². The SMILES string of the molecule is O=C(Cc1csc(Cc2ccccc2)n1)Nc1nnc(-c2ccccn2)s1. The molecule has 8 heteroatoms. The first-order chi connectivity index (χ1) is 13.3. The zero-order chi connectivity index (χ0) is 18.5. The molecule has 0 aliphatic carbocycles. The second kappa shape index (κ2) is 8.15. The largest absolute Gasteiger partial charge is 0.300 e. The first kappa shape index (κ1) is 17.4. The molecule has 134 valence electrons. The number of benzene rings is 1. The van der Waals surface area contributed by atoms with Gasteiger partial charge in [-0.05, 0) is 17.7 Å². The van der Waals surface area contributed by atoms with E-state index in [-0.39, 0.29) is 12.3 Å². The monoisotopic (exact) mass is 393 g/mol. The third-order valence-corrected chi connectivity index (χ3v) is 5.45. The van der Waals surface area contributed by atoms with Crippen molar-refractivity contribution in [3.05, 3.63) is 76.4 Å². The van der Waals surface area contributed by atoms with Crippen LogP contribution in [0.4, 0.5) is 5.13 Å². The maximum atomic E-state index is 12.3. The molecule has 3 aromatic heterocycles. The van der Waals surface area contributed by atoms with Crippen LogP contribution in [0.3, 0.4) is 0 Å². The number of nitrogens with one attached hydrogen (secondary N) is 1. The number of nitrogens with zero attached hydrogens (tertiary/aromatic N) is 4. The van der Waals surface area contributed by atoms with Crippen LogP contribution in [0.1, 0.15) is 16.3 Å². The van der Waals surface area contributed by atoms with Gasteiger partial charge in [0.2, 0.25) is 11.0 Å². The van der Waals surface area contributed by atoms with Gasteiger partial charge in [0.25, 0.3) is 0 Å². The highest BCUT2D eigenvalue weighted by molar-refractivity contribution is 7.18. The summed E-state index contributed by atoms with van der Waals surface area (Å²) < 4.78 is 0. The van der Waals surface area contributed by atoms with Crippen molar-refractivity contribution >= 4 is 33.7 Å². The fraction of sp³-hybridized carbons (Fsp3) is 0.105. The number of pyridine rings is 1. The molecule has 0 aliphatic heterocycles. The summed E-state index contributed by atoms with van der Waals surface area (Å²) in [6.45, 7) is 0. The number of rotatable bonds is 6. The van der Waals surface area contributed by atoms with Crippen molar-refractivity contribution in [3.63, 3.8) is 0 Å². The van der Waals surface area contributed by atoms with E-state index in [1.807, 2.05) is 41.8 Å². The number of hydrogen-bond acceptors (Lipinski definition) is 7. The van der Waals surface area contributed by atoms with E-state index in [0.29, 0.717) is 10.1 Å². The average molecular weight is 393 g/mol. The maximum absolute atomic E-state index is 12.3. The molecule has 4 aromatic rings. The molecule has 0 spiro atoms. The van der Waals surface area contributed by atoms with Crippen LogP contribution < -0.4 is 5.32 Å². The smallest absolute Gasteiger partial charge is 0.232 e. The number of carbonyl (C=O) groups is 1. The van der Waals surface area contributed by atoms with Crippen molar-refractivity contribution in [1.82, 2.24) is 20.2 Å². The van der Waals surface area contributed by atoms with Gasteiger partial charge in [0.15, 0.2) is 5.01 Å². The number of anilines is 1. The van der Waals surface area contributed by atoms with Gasteiger partial charge in [-0.25, -0.2) is 4.98 Å². The van der Waals surface area contributed by atoms with Crippen LogP contribution in [-0.2, 0) is 17.6 Å². The Balaban J connectivity index is 1.35. The van der Waals surface area contributed by atoms with Crippen LogP contribution in [0.5, 0.6) is 0 Å². The van der Waals surface area contributed by atoms with Crippen LogP contribution in [-0.4, -0.2) is 26.1 Å². The van der Waals surface area contributed by atoms with Crippen LogP contribution in [0.25, 0.3) is 10.7 Å².